The fourth-order valence-electron chi connectivity index (χ4n) is 2.41. The average molecular weight is 248 g/mol. The molecule has 0 aliphatic heterocycles. The van der Waals surface area contributed by atoms with Gasteiger partial charge >= 0.3 is 0 Å². The minimum Gasteiger partial charge on any atom is -0.399 e. The van der Waals surface area contributed by atoms with Crippen LogP contribution < -0.4 is 17.2 Å². The lowest BCUT2D eigenvalue weighted by Crippen LogP contribution is -1.92. The number of benzene rings is 1. The minimum atomic E-state index is 0.539. The molecule has 0 amide bonds. The molecule has 0 spiro atoms. The summed E-state index contributed by atoms with van der Waals surface area (Å²) in [6.07, 6.45) is 0. The maximum absolute atomic E-state index is 8.97. The van der Waals surface area contributed by atoms with Crippen molar-refractivity contribution in [2.24, 2.45) is 0 Å². The largest absolute Gasteiger partial charge is 0.399 e. The van der Waals surface area contributed by atoms with Gasteiger partial charge in [-0.3, -0.25) is 0 Å². The van der Waals surface area contributed by atoms with Crippen LogP contribution in [0.5, 0.6) is 0 Å². The van der Waals surface area contributed by atoms with Crippen LogP contribution in [0.1, 0.15) is 5.56 Å². The van der Waals surface area contributed by atoms with Gasteiger partial charge in [-0.15, -0.1) is 0 Å². The molecule has 92 valence electrons. The third-order valence-corrected chi connectivity index (χ3v) is 3.28. The molecular weight excluding hydrogens is 236 g/mol. The molecule has 0 heterocycles. The van der Waals surface area contributed by atoms with Gasteiger partial charge in [0.25, 0.3) is 0 Å². The molecule has 4 heteroatoms. The van der Waals surface area contributed by atoms with Crippen LogP contribution in [0.3, 0.4) is 0 Å². The maximum atomic E-state index is 8.97. The van der Waals surface area contributed by atoms with Crippen LogP contribution in [0.4, 0.5) is 17.1 Å². The number of hydrogen-bond acceptors (Lipinski definition) is 4. The number of nitrogens with two attached hydrogens (primary N) is 3. The van der Waals surface area contributed by atoms with E-state index in [9.17, 15) is 0 Å². The van der Waals surface area contributed by atoms with Crippen LogP contribution in [0.15, 0.2) is 36.4 Å². The topological polar surface area (TPSA) is 102 Å². The monoisotopic (exact) mass is 248 g/mol. The van der Waals surface area contributed by atoms with E-state index in [2.05, 4.69) is 6.07 Å². The van der Waals surface area contributed by atoms with Crippen molar-refractivity contribution >= 4 is 38.6 Å². The molecule has 0 bridgehead atoms. The van der Waals surface area contributed by atoms with Gasteiger partial charge in [0, 0.05) is 27.8 Å². The number of nitriles is 1. The van der Waals surface area contributed by atoms with Crippen molar-refractivity contribution in [1.29, 1.82) is 5.26 Å². The molecule has 0 aliphatic rings. The first-order valence-corrected chi connectivity index (χ1v) is 5.81. The highest BCUT2D eigenvalue weighted by atomic mass is 14.6. The Morgan fingerprint density at radius 2 is 1.68 bits per heavy atom. The molecule has 0 radical (unpaired) electrons. The van der Waals surface area contributed by atoms with E-state index >= 15 is 0 Å². The SMILES string of the molecule is N#Cc1cc2cc3ccc(N)cc(N)c3c(N)c2c1. The molecule has 6 N–H and O–H groups in total. The molecule has 0 aromatic heterocycles. The fraction of sp³-hybridized carbons (Fsp3) is 0. The van der Waals surface area contributed by atoms with Gasteiger partial charge in [-0.1, -0.05) is 6.07 Å². The highest BCUT2D eigenvalue weighted by Crippen LogP contribution is 2.35. The van der Waals surface area contributed by atoms with E-state index in [0.29, 0.717) is 22.6 Å². The van der Waals surface area contributed by atoms with Crippen molar-refractivity contribution in [3.8, 4) is 6.07 Å². The number of fused-ring (bicyclic) bond motifs is 2. The summed E-state index contributed by atoms with van der Waals surface area (Å²) in [5.74, 6) is 0. The van der Waals surface area contributed by atoms with Crippen molar-refractivity contribution in [3.05, 3.63) is 42.0 Å². The Labute approximate surface area is 110 Å². The number of rotatable bonds is 0. The van der Waals surface area contributed by atoms with Gasteiger partial charge in [0.05, 0.1) is 11.6 Å². The molecule has 0 aliphatic carbocycles. The van der Waals surface area contributed by atoms with Crippen LogP contribution in [0.2, 0.25) is 0 Å². The molecule has 3 aromatic rings. The molecule has 3 aromatic carbocycles. The summed E-state index contributed by atoms with van der Waals surface area (Å²) in [7, 11) is 0. The lowest BCUT2D eigenvalue weighted by molar-refractivity contribution is 1.51. The quantitative estimate of drug-likeness (QED) is 0.532. The second-order valence-corrected chi connectivity index (χ2v) is 4.55. The zero-order valence-electron chi connectivity index (χ0n) is 10.1. The maximum Gasteiger partial charge on any atom is 0.0992 e. The van der Waals surface area contributed by atoms with Crippen molar-refractivity contribution in [2.75, 3.05) is 17.2 Å². The van der Waals surface area contributed by atoms with Crippen LogP contribution in [0.25, 0.3) is 21.5 Å². The second-order valence-electron chi connectivity index (χ2n) is 4.55. The van der Waals surface area contributed by atoms with E-state index in [1.54, 1.807) is 18.2 Å². The lowest BCUT2D eigenvalue weighted by atomic mass is 10.1. The van der Waals surface area contributed by atoms with Crippen LogP contribution in [-0.4, -0.2) is 0 Å². The highest BCUT2D eigenvalue weighted by molar-refractivity contribution is 6.15. The van der Waals surface area contributed by atoms with Crippen molar-refractivity contribution in [2.45, 2.75) is 0 Å². The van der Waals surface area contributed by atoms with Crippen LogP contribution >= 0.6 is 0 Å². The van der Waals surface area contributed by atoms with E-state index in [4.69, 9.17) is 22.5 Å². The zero-order chi connectivity index (χ0) is 13.6. The third-order valence-electron chi connectivity index (χ3n) is 3.28. The molecule has 4 nitrogen and oxygen atoms in total. The number of hydrogen-bond donors (Lipinski definition) is 3. The number of nitrogen functional groups attached to an aromatic ring is 3. The van der Waals surface area contributed by atoms with E-state index in [0.717, 1.165) is 21.5 Å². The molecule has 3 rings (SSSR count). The van der Waals surface area contributed by atoms with E-state index in [1.165, 1.54) is 0 Å². The Morgan fingerprint density at radius 3 is 2.42 bits per heavy atom. The van der Waals surface area contributed by atoms with E-state index in [-0.39, 0.29) is 0 Å². The summed E-state index contributed by atoms with van der Waals surface area (Å²) in [5.41, 5.74) is 20.3. The summed E-state index contributed by atoms with van der Waals surface area (Å²) in [6, 6.07) is 13.1. The van der Waals surface area contributed by atoms with Gasteiger partial charge in [0.15, 0.2) is 0 Å². The Morgan fingerprint density at radius 1 is 0.895 bits per heavy atom. The average Bonchev–Trinajstić information content (AvgIpc) is 2.73. The highest BCUT2D eigenvalue weighted by Gasteiger charge is 2.09. The first-order valence-electron chi connectivity index (χ1n) is 5.81. The summed E-state index contributed by atoms with van der Waals surface area (Å²) in [4.78, 5) is 0. The molecule has 0 fully saturated rings. The first kappa shape index (κ1) is 11.2. The van der Waals surface area contributed by atoms with Gasteiger partial charge in [0.1, 0.15) is 0 Å². The van der Waals surface area contributed by atoms with Gasteiger partial charge < -0.3 is 17.2 Å². The van der Waals surface area contributed by atoms with Crippen molar-refractivity contribution < 1.29 is 0 Å². The van der Waals surface area contributed by atoms with E-state index in [1.807, 2.05) is 18.2 Å². The number of anilines is 3. The molecule has 0 saturated carbocycles. The summed E-state index contributed by atoms with van der Waals surface area (Å²) in [5, 5.41) is 12.4. The van der Waals surface area contributed by atoms with Gasteiger partial charge in [0.2, 0.25) is 0 Å². The number of nitrogens with zero attached hydrogens (tertiary/aromatic N) is 1. The Bertz CT molecular complexity index is 860. The summed E-state index contributed by atoms with van der Waals surface area (Å²) < 4.78 is 0. The predicted octanol–water partition coefficient (Wildman–Crippen LogP) is 2.61. The van der Waals surface area contributed by atoms with Crippen molar-refractivity contribution in [3.63, 3.8) is 0 Å². The van der Waals surface area contributed by atoms with Crippen LogP contribution in [0, 0.1) is 11.3 Å². The normalized spacial score (nSPS) is 10.7. The fourth-order valence-corrected chi connectivity index (χ4v) is 2.41. The summed E-state index contributed by atoms with van der Waals surface area (Å²) >= 11 is 0. The minimum absolute atomic E-state index is 0.539. The van der Waals surface area contributed by atoms with Gasteiger partial charge in [-0.05, 0) is 41.1 Å². The van der Waals surface area contributed by atoms with Gasteiger partial charge in [-0.2, -0.15) is 5.26 Å². The van der Waals surface area contributed by atoms with Crippen molar-refractivity contribution in [1.82, 2.24) is 0 Å². The molecule has 0 saturated heterocycles. The van der Waals surface area contributed by atoms with Gasteiger partial charge in [-0.25, -0.2) is 0 Å². The second kappa shape index (κ2) is 3.79. The Balaban J connectivity index is 2.56. The third kappa shape index (κ3) is 1.60. The first-order chi connectivity index (χ1) is 9.10. The van der Waals surface area contributed by atoms with E-state index < -0.39 is 0 Å². The standard InChI is InChI=1S/C15H12N4/c16-7-8-3-10-5-9-1-2-11(17)6-13(18)14(9)15(19)12(10)4-8/h1-6H,17-19H2. The zero-order valence-corrected chi connectivity index (χ0v) is 10.1. The smallest absolute Gasteiger partial charge is 0.0992 e. The van der Waals surface area contributed by atoms with Crippen LogP contribution in [-0.2, 0) is 0 Å². The molecule has 19 heavy (non-hydrogen) atoms. The predicted molar refractivity (Wildman–Crippen MR) is 79.4 cm³/mol. The Hall–Kier alpha value is -2.93. The molecule has 0 atom stereocenters. The lowest BCUT2D eigenvalue weighted by Gasteiger charge is -2.04. The Kier molecular flexibility index (Phi) is 2.23. The molecular formula is C15H12N4. The summed E-state index contributed by atoms with van der Waals surface area (Å²) in [6.45, 7) is 0. The molecule has 0 unspecified atom stereocenters.